The molecule has 11 rings (SSSR count). The average Bonchev–Trinajstić information content (AvgIpc) is 3.83. The summed E-state index contributed by atoms with van der Waals surface area (Å²) in [5.41, 5.74) is 12.1. The molecule has 0 fully saturated rings. The molecule has 0 spiro atoms. The van der Waals surface area contributed by atoms with Crippen molar-refractivity contribution in [3.63, 3.8) is 0 Å². The topological polar surface area (TPSA) is 56.7 Å². The SMILES string of the molecule is c1ccc(-c2ccc(-c3nc(-c4cccc(-c5ccccc5)c4)nc(-n4c5ccccc5c5ccc6c7cc(-c8ccccc8)ccc7oc6c54)n3)cc2)cc1. The predicted molar refractivity (Wildman–Crippen MR) is 229 cm³/mol. The van der Waals surface area contributed by atoms with Crippen molar-refractivity contribution >= 4 is 43.7 Å². The number of hydrogen-bond donors (Lipinski definition) is 0. The zero-order valence-electron chi connectivity index (χ0n) is 30.2. The Morgan fingerprint density at radius 1 is 0.339 bits per heavy atom. The van der Waals surface area contributed by atoms with Gasteiger partial charge in [-0.05, 0) is 63.7 Å². The molecule has 0 radical (unpaired) electrons. The first-order chi connectivity index (χ1) is 27.7. The minimum absolute atomic E-state index is 0.520. The van der Waals surface area contributed by atoms with E-state index in [0.29, 0.717) is 17.6 Å². The van der Waals surface area contributed by atoms with Crippen molar-refractivity contribution in [3.8, 4) is 62.1 Å². The molecule has 56 heavy (non-hydrogen) atoms. The van der Waals surface area contributed by atoms with Gasteiger partial charge in [0.15, 0.2) is 17.2 Å². The van der Waals surface area contributed by atoms with Crippen LogP contribution in [0.5, 0.6) is 0 Å². The van der Waals surface area contributed by atoms with Crippen molar-refractivity contribution in [2.24, 2.45) is 0 Å². The largest absolute Gasteiger partial charge is 0.454 e. The van der Waals surface area contributed by atoms with Gasteiger partial charge in [0, 0.05) is 32.7 Å². The zero-order chi connectivity index (χ0) is 37.0. The zero-order valence-corrected chi connectivity index (χ0v) is 30.2. The van der Waals surface area contributed by atoms with Crippen molar-refractivity contribution < 1.29 is 4.42 Å². The van der Waals surface area contributed by atoms with Crippen LogP contribution >= 0.6 is 0 Å². The monoisotopic (exact) mass is 716 g/mol. The quantitative estimate of drug-likeness (QED) is 0.172. The first kappa shape index (κ1) is 31.9. The van der Waals surface area contributed by atoms with Crippen molar-refractivity contribution in [3.05, 3.63) is 194 Å². The molecule has 0 N–H and O–H groups in total. The molecule has 0 atom stereocenters. The molecule has 0 aliphatic heterocycles. The maximum absolute atomic E-state index is 6.81. The van der Waals surface area contributed by atoms with Gasteiger partial charge in [0.1, 0.15) is 11.1 Å². The summed E-state index contributed by atoms with van der Waals surface area (Å²) in [5, 5.41) is 4.26. The van der Waals surface area contributed by atoms with Crippen LogP contribution in [-0.4, -0.2) is 19.5 Å². The molecule has 11 aromatic rings. The molecule has 8 aromatic carbocycles. The maximum atomic E-state index is 6.81. The highest BCUT2D eigenvalue weighted by Crippen LogP contribution is 2.41. The minimum atomic E-state index is 0.520. The van der Waals surface area contributed by atoms with Crippen LogP contribution in [0.25, 0.3) is 106 Å². The van der Waals surface area contributed by atoms with Gasteiger partial charge in [0.2, 0.25) is 5.95 Å². The molecule has 3 heterocycles. The summed E-state index contributed by atoms with van der Waals surface area (Å²) in [6, 6.07) is 67.4. The van der Waals surface area contributed by atoms with Crippen LogP contribution in [0, 0.1) is 0 Å². The number of fused-ring (bicyclic) bond motifs is 7. The lowest BCUT2D eigenvalue weighted by Gasteiger charge is -2.12. The molecule has 3 aromatic heterocycles. The van der Waals surface area contributed by atoms with E-state index in [1.165, 1.54) is 0 Å². The Bertz CT molecular complexity index is 3220. The van der Waals surface area contributed by atoms with Crippen LogP contribution in [-0.2, 0) is 0 Å². The Morgan fingerprint density at radius 3 is 1.57 bits per heavy atom. The summed E-state index contributed by atoms with van der Waals surface area (Å²) in [5.74, 6) is 1.70. The fourth-order valence-corrected chi connectivity index (χ4v) is 7.93. The summed E-state index contributed by atoms with van der Waals surface area (Å²) in [7, 11) is 0. The Kier molecular flexibility index (Phi) is 7.42. The molecule has 0 saturated carbocycles. The number of nitrogens with zero attached hydrogens (tertiary/aromatic N) is 4. The summed E-state index contributed by atoms with van der Waals surface area (Å²) in [6.07, 6.45) is 0. The van der Waals surface area contributed by atoms with E-state index in [0.717, 1.165) is 88.3 Å². The lowest BCUT2D eigenvalue weighted by molar-refractivity contribution is 0.670. The highest BCUT2D eigenvalue weighted by molar-refractivity contribution is 6.21. The Hall–Kier alpha value is -7.63. The van der Waals surface area contributed by atoms with Crippen LogP contribution in [0.15, 0.2) is 199 Å². The third kappa shape index (κ3) is 5.37. The summed E-state index contributed by atoms with van der Waals surface area (Å²) >= 11 is 0. The smallest absolute Gasteiger partial charge is 0.238 e. The molecule has 0 aliphatic carbocycles. The number of hydrogen-bond acceptors (Lipinski definition) is 4. The second-order valence-electron chi connectivity index (χ2n) is 14.0. The minimum Gasteiger partial charge on any atom is -0.454 e. The lowest BCUT2D eigenvalue weighted by atomic mass is 10.0. The lowest BCUT2D eigenvalue weighted by Crippen LogP contribution is -2.06. The van der Waals surface area contributed by atoms with Crippen LogP contribution in [0.3, 0.4) is 0 Å². The third-order valence-electron chi connectivity index (χ3n) is 10.7. The van der Waals surface area contributed by atoms with Crippen LogP contribution in [0.1, 0.15) is 0 Å². The normalized spacial score (nSPS) is 11.6. The van der Waals surface area contributed by atoms with Crippen molar-refractivity contribution in [1.82, 2.24) is 19.5 Å². The number of furan rings is 1. The van der Waals surface area contributed by atoms with Gasteiger partial charge in [0.25, 0.3) is 0 Å². The first-order valence-corrected chi connectivity index (χ1v) is 18.8. The number of para-hydroxylation sites is 1. The Labute approximate surface area is 322 Å². The molecule has 0 aliphatic rings. The second-order valence-corrected chi connectivity index (χ2v) is 14.0. The van der Waals surface area contributed by atoms with E-state index in [-0.39, 0.29) is 0 Å². The van der Waals surface area contributed by atoms with E-state index in [1.54, 1.807) is 0 Å². The van der Waals surface area contributed by atoms with E-state index < -0.39 is 0 Å². The fourth-order valence-electron chi connectivity index (χ4n) is 7.93. The van der Waals surface area contributed by atoms with Crippen molar-refractivity contribution in [2.75, 3.05) is 0 Å². The standard InChI is InChI=1S/C51H32N4O/c1-4-13-33(14-5-1)36-23-25-37(26-24-36)49-52-50(40-20-12-19-38(31-40)34-15-6-2-7-16-34)54-51(53-49)55-45-22-11-10-21-41(45)42-28-29-43-44-32-39(35-17-8-3-9-18-35)27-30-46(44)56-48(43)47(42)55/h1-32H. The van der Waals surface area contributed by atoms with E-state index >= 15 is 0 Å². The number of rotatable bonds is 6. The Morgan fingerprint density at radius 2 is 0.857 bits per heavy atom. The summed E-state index contributed by atoms with van der Waals surface area (Å²) in [4.78, 5) is 15.7. The average molecular weight is 717 g/mol. The molecule has 262 valence electrons. The molecule has 5 nitrogen and oxygen atoms in total. The van der Waals surface area contributed by atoms with Crippen molar-refractivity contribution in [1.29, 1.82) is 0 Å². The van der Waals surface area contributed by atoms with E-state index in [9.17, 15) is 0 Å². The predicted octanol–water partition coefficient (Wildman–Crippen LogP) is 13.2. The van der Waals surface area contributed by atoms with E-state index in [1.807, 2.05) is 18.2 Å². The summed E-state index contributed by atoms with van der Waals surface area (Å²) in [6.45, 7) is 0. The van der Waals surface area contributed by atoms with Crippen molar-refractivity contribution in [2.45, 2.75) is 0 Å². The molecule has 5 heteroatoms. The first-order valence-electron chi connectivity index (χ1n) is 18.8. The molecule has 0 bridgehead atoms. The highest BCUT2D eigenvalue weighted by atomic mass is 16.3. The van der Waals surface area contributed by atoms with Gasteiger partial charge in [-0.25, -0.2) is 4.98 Å². The molecular weight excluding hydrogens is 685 g/mol. The number of benzene rings is 8. The Balaban J connectivity index is 1.16. The molecule has 0 amide bonds. The number of aromatic nitrogens is 4. The van der Waals surface area contributed by atoms with Crippen LogP contribution < -0.4 is 0 Å². The van der Waals surface area contributed by atoms with Gasteiger partial charge in [0.05, 0.1) is 5.52 Å². The van der Waals surface area contributed by atoms with Crippen LogP contribution in [0.4, 0.5) is 0 Å². The molecular formula is C51H32N4O. The van der Waals surface area contributed by atoms with Gasteiger partial charge in [-0.3, -0.25) is 4.57 Å². The van der Waals surface area contributed by atoms with Gasteiger partial charge in [-0.2, -0.15) is 9.97 Å². The maximum Gasteiger partial charge on any atom is 0.238 e. The fraction of sp³-hybridized carbons (Fsp3) is 0. The molecule has 0 saturated heterocycles. The van der Waals surface area contributed by atoms with E-state index in [4.69, 9.17) is 19.4 Å². The van der Waals surface area contributed by atoms with Gasteiger partial charge in [-0.15, -0.1) is 0 Å². The van der Waals surface area contributed by atoms with Gasteiger partial charge >= 0.3 is 0 Å². The highest BCUT2D eigenvalue weighted by Gasteiger charge is 2.22. The summed E-state index contributed by atoms with van der Waals surface area (Å²) < 4.78 is 8.96. The van der Waals surface area contributed by atoms with Gasteiger partial charge in [-0.1, -0.05) is 164 Å². The van der Waals surface area contributed by atoms with Gasteiger partial charge < -0.3 is 4.42 Å². The molecule has 0 unspecified atom stereocenters. The second kappa shape index (κ2) is 13.0. The van der Waals surface area contributed by atoms with E-state index in [2.05, 4.69) is 180 Å². The third-order valence-corrected chi connectivity index (χ3v) is 10.7. The van der Waals surface area contributed by atoms with Crippen LogP contribution in [0.2, 0.25) is 0 Å².